The molecule has 60 valence electrons. The maximum Gasteiger partial charge on any atom is 0.0487 e. The third-order valence-electron chi connectivity index (χ3n) is 1.72. The zero-order valence-electron chi connectivity index (χ0n) is 7.06. The Balaban J connectivity index is 3.04. The van der Waals surface area contributed by atoms with Gasteiger partial charge in [-0.1, -0.05) is 23.7 Å². The second-order valence-electron chi connectivity index (χ2n) is 2.67. The molecule has 1 N–H and O–H groups in total. The van der Waals surface area contributed by atoms with E-state index in [1.807, 2.05) is 0 Å². The van der Waals surface area contributed by atoms with E-state index in [4.69, 9.17) is 5.11 Å². The van der Waals surface area contributed by atoms with E-state index in [0.29, 0.717) is 6.61 Å². The van der Waals surface area contributed by atoms with Crippen molar-refractivity contribution in [2.24, 2.45) is 0 Å². The Kier molecular flexibility index (Phi) is 6.97. The minimum absolute atomic E-state index is 0.0654. The van der Waals surface area contributed by atoms with Gasteiger partial charge >= 0.3 is 0 Å². The molecular weight excluding hydrogens is 140 g/mol. The number of hydrogen-bond acceptors (Lipinski definition) is 1. The Morgan fingerprint density at radius 1 is 1.50 bits per heavy atom. The second kappa shape index (κ2) is 7.03. The van der Waals surface area contributed by atoms with Crippen molar-refractivity contribution in [2.45, 2.75) is 32.7 Å². The zero-order chi connectivity index (χ0) is 7.82. The van der Waals surface area contributed by atoms with Crippen molar-refractivity contribution in [1.29, 1.82) is 0 Å². The van der Waals surface area contributed by atoms with Gasteiger partial charge < -0.3 is 5.11 Å². The lowest BCUT2D eigenvalue weighted by Gasteiger charge is -1.97. The van der Waals surface area contributed by atoms with Crippen molar-refractivity contribution in [3.05, 3.63) is 11.3 Å². The minimum atomic E-state index is 0.0654. The molecule has 0 aliphatic carbocycles. The number of hydrogen-bond donors (Lipinski definition) is 1. The first-order chi connectivity index (χ1) is 4.81. The Morgan fingerprint density at radius 2 is 2.20 bits per heavy atom. The molecular formula is C8H18OSi. The van der Waals surface area contributed by atoms with Crippen molar-refractivity contribution < 1.29 is 5.11 Å². The molecule has 0 radical (unpaired) electrons. The molecule has 0 spiro atoms. The molecule has 0 rings (SSSR count). The summed E-state index contributed by atoms with van der Waals surface area (Å²) in [7, 11) is 0.0654. The molecule has 0 amide bonds. The van der Waals surface area contributed by atoms with Gasteiger partial charge in [0.2, 0.25) is 0 Å². The first-order valence-corrected chi connectivity index (χ1v) is 5.74. The summed E-state index contributed by atoms with van der Waals surface area (Å²) in [6, 6.07) is 1.36. The summed E-state index contributed by atoms with van der Waals surface area (Å²) in [5, 5.41) is 10.1. The summed E-state index contributed by atoms with van der Waals surface area (Å²) in [6.07, 6.45) is 4.42. The van der Waals surface area contributed by atoms with E-state index in [1.165, 1.54) is 12.5 Å². The summed E-state index contributed by atoms with van der Waals surface area (Å²) in [5.74, 6) is 0. The number of rotatable bonds is 5. The zero-order valence-corrected chi connectivity index (χ0v) is 8.47. The lowest BCUT2D eigenvalue weighted by Crippen LogP contribution is -1.92. The first kappa shape index (κ1) is 9.92. The molecule has 0 aromatic rings. The quantitative estimate of drug-likeness (QED) is 0.472. The molecule has 0 saturated carbocycles. The average molecular weight is 158 g/mol. The highest BCUT2D eigenvalue weighted by atomic mass is 28.2. The van der Waals surface area contributed by atoms with E-state index >= 15 is 0 Å². The largest absolute Gasteiger partial charge is 0.396 e. The number of allylic oxidation sites excluding steroid dienone is 2. The molecule has 0 aliphatic heterocycles. The maximum absolute atomic E-state index is 8.49. The molecule has 1 nitrogen and oxygen atoms in total. The fourth-order valence-corrected chi connectivity index (χ4v) is 2.29. The Bertz CT molecular complexity index is 99.4. The summed E-state index contributed by atoms with van der Waals surface area (Å²) in [6.45, 7) is 4.68. The number of aliphatic hydroxyl groups excluding tert-OH is 1. The Labute approximate surface area is 66.0 Å². The highest BCUT2D eigenvalue weighted by molar-refractivity contribution is 6.44. The lowest BCUT2D eigenvalue weighted by atomic mass is 10.4. The van der Waals surface area contributed by atoms with Crippen molar-refractivity contribution in [3.63, 3.8) is 0 Å². The van der Waals surface area contributed by atoms with Gasteiger partial charge in [-0.25, -0.2) is 0 Å². The van der Waals surface area contributed by atoms with Crippen LogP contribution in [-0.2, 0) is 0 Å². The van der Waals surface area contributed by atoms with Crippen LogP contribution in [0.25, 0.3) is 0 Å². The molecule has 0 fully saturated rings. The van der Waals surface area contributed by atoms with E-state index < -0.39 is 0 Å². The SMILES string of the molecule is CC=C(C)[SiH2]CCCCO. The van der Waals surface area contributed by atoms with Crippen LogP contribution in [0, 0.1) is 0 Å². The van der Waals surface area contributed by atoms with Crippen molar-refractivity contribution in [3.8, 4) is 0 Å². The summed E-state index contributed by atoms with van der Waals surface area (Å²) >= 11 is 0. The van der Waals surface area contributed by atoms with Crippen LogP contribution in [0.4, 0.5) is 0 Å². The highest BCUT2D eigenvalue weighted by Crippen LogP contribution is 1.99. The smallest absolute Gasteiger partial charge is 0.0487 e. The number of unbranched alkanes of at least 4 members (excludes halogenated alkanes) is 1. The minimum Gasteiger partial charge on any atom is -0.396 e. The van der Waals surface area contributed by atoms with Crippen LogP contribution >= 0.6 is 0 Å². The average Bonchev–Trinajstić information content (AvgIpc) is 1.98. The molecule has 0 saturated heterocycles. The topological polar surface area (TPSA) is 20.2 Å². The van der Waals surface area contributed by atoms with Gasteiger partial charge in [-0.05, 0) is 20.3 Å². The molecule has 0 aliphatic rings. The van der Waals surface area contributed by atoms with Crippen LogP contribution in [0.1, 0.15) is 26.7 Å². The van der Waals surface area contributed by atoms with Gasteiger partial charge in [-0.2, -0.15) is 0 Å². The van der Waals surface area contributed by atoms with Gasteiger partial charge in [0, 0.05) is 16.1 Å². The summed E-state index contributed by atoms with van der Waals surface area (Å²) in [5.41, 5.74) is 0. The Hall–Kier alpha value is -0.0831. The fourth-order valence-electron chi connectivity index (χ4n) is 0.837. The van der Waals surface area contributed by atoms with Crippen LogP contribution < -0.4 is 0 Å². The predicted octanol–water partition coefficient (Wildman–Crippen LogP) is 1.27. The van der Waals surface area contributed by atoms with Gasteiger partial charge in [0.05, 0.1) is 0 Å². The predicted molar refractivity (Wildman–Crippen MR) is 49.1 cm³/mol. The van der Waals surface area contributed by atoms with Gasteiger partial charge in [0.15, 0.2) is 0 Å². The third-order valence-corrected chi connectivity index (χ3v) is 3.77. The summed E-state index contributed by atoms with van der Waals surface area (Å²) in [4.78, 5) is 0. The lowest BCUT2D eigenvalue weighted by molar-refractivity contribution is 0.287. The summed E-state index contributed by atoms with van der Waals surface area (Å²) < 4.78 is 0. The maximum atomic E-state index is 8.49. The van der Waals surface area contributed by atoms with E-state index in [2.05, 4.69) is 19.9 Å². The highest BCUT2D eigenvalue weighted by Gasteiger charge is 1.89. The first-order valence-electron chi connectivity index (χ1n) is 4.04. The fraction of sp³-hybridized carbons (Fsp3) is 0.750. The molecule has 0 aromatic carbocycles. The van der Waals surface area contributed by atoms with Gasteiger partial charge in [-0.15, -0.1) is 0 Å². The van der Waals surface area contributed by atoms with Crippen molar-refractivity contribution >= 4 is 9.52 Å². The van der Waals surface area contributed by atoms with Gasteiger partial charge in [-0.3, -0.25) is 0 Å². The molecule has 2 heteroatoms. The molecule has 10 heavy (non-hydrogen) atoms. The van der Waals surface area contributed by atoms with Crippen molar-refractivity contribution in [1.82, 2.24) is 0 Å². The Morgan fingerprint density at radius 3 is 2.70 bits per heavy atom. The number of aliphatic hydroxyl groups is 1. The molecule has 0 heterocycles. The normalized spacial score (nSPS) is 13.3. The van der Waals surface area contributed by atoms with E-state index in [0.717, 1.165) is 6.42 Å². The third kappa shape index (κ3) is 6.04. The van der Waals surface area contributed by atoms with Crippen LogP contribution in [0.2, 0.25) is 6.04 Å². The van der Waals surface area contributed by atoms with Crippen LogP contribution in [0.15, 0.2) is 11.3 Å². The van der Waals surface area contributed by atoms with Crippen molar-refractivity contribution in [2.75, 3.05) is 6.61 Å². The standard InChI is InChI=1S/C8H18OSi/c1-3-8(2)10-7-5-4-6-9/h3,9H,4-7,10H2,1-2H3. The van der Waals surface area contributed by atoms with Crippen LogP contribution in [0.5, 0.6) is 0 Å². The molecule has 0 unspecified atom stereocenters. The molecule has 0 aromatic heterocycles. The van der Waals surface area contributed by atoms with Crippen LogP contribution in [0.3, 0.4) is 0 Å². The van der Waals surface area contributed by atoms with Crippen LogP contribution in [-0.4, -0.2) is 21.2 Å². The molecule has 0 bridgehead atoms. The monoisotopic (exact) mass is 158 g/mol. The van der Waals surface area contributed by atoms with Gasteiger partial charge in [0.1, 0.15) is 0 Å². The van der Waals surface area contributed by atoms with E-state index in [1.54, 1.807) is 5.20 Å². The van der Waals surface area contributed by atoms with Gasteiger partial charge in [0.25, 0.3) is 0 Å². The second-order valence-corrected chi connectivity index (χ2v) is 4.99. The van der Waals surface area contributed by atoms with E-state index in [-0.39, 0.29) is 9.52 Å². The van der Waals surface area contributed by atoms with E-state index in [9.17, 15) is 0 Å². The molecule has 0 atom stereocenters.